The number of hydrogen-bond acceptors (Lipinski definition) is 4. The van der Waals surface area contributed by atoms with Crippen LogP contribution >= 0.6 is 11.6 Å². The second-order valence-electron chi connectivity index (χ2n) is 5.26. The van der Waals surface area contributed by atoms with Gasteiger partial charge in [-0.25, -0.2) is 0 Å². The molecule has 0 aliphatic carbocycles. The summed E-state index contributed by atoms with van der Waals surface area (Å²) < 4.78 is 10.8. The summed E-state index contributed by atoms with van der Waals surface area (Å²) in [6.07, 6.45) is 1.89. The monoisotopic (exact) mass is 312 g/mol. The number of rotatable bonds is 6. The summed E-state index contributed by atoms with van der Waals surface area (Å²) in [4.78, 5) is 2.49. The normalized spacial score (nSPS) is 16.0. The molecule has 1 saturated heterocycles. The molecule has 5 heteroatoms. The van der Waals surface area contributed by atoms with E-state index in [0.717, 1.165) is 51.3 Å². The topological polar surface area (TPSA) is 33.7 Å². The molecule has 0 spiro atoms. The molecule has 1 aliphatic rings. The Kier molecular flexibility index (Phi) is 6.15. The van der Waals surface area contributed by atoms with E-state index in [1.807, 2.05) is 0 Å². The van der Waals surface area contributed by atoms with E-state index in [1.54, 1.807) is 14.2 Å². The first-order valence-electron chi connectivity index (χ1n) is 7.56. The highest BCUT2D eigenvalue weighted by Crippen LogP contribution is 2.40. The van der Waals surface area contributed by atoms with Crippen LogP contribution < -0.4 is 14.8 Å². The van der Waals surface area contributed by atoms with Crippen molar-refractivity contribution >= 4 is 11.6 Å². The van der Waals surface area contributed by atoms with Crippen LogP contribution in [-0.4, -0.2) is 51.8 Å². The molecule has 1 fully saturated rings. The lowest BCUT2D eigenvalue weighted by atomic mass is 10.0. The average Bonchev–Trinajstić information content (AvgIpc) is 2.53. The van der Waals surface area contributed by atoms with Crippen molar-refractivity contribution in [2.75, 3.05) is 46.9 Å². The van der Waals surface area contributed by atoms with Gasteiger partial charge in [-0.1, -0.05) is 18.5 Å². The van der Waals surface area contributed by atoms with Crippen LogP contribution in [0.2, 0.25) is 5.02 Å². The molecule has 1 N–H and O–H groups in total. The van der Waals surface area contributed by atoms with E-state index >= 15 is 0 Å². The molecule has 0 bridgehead atoms. The Morgan fingerprint density at radius 3 is 2.52 bits per heavy atom. The molecule has 0 amide bonds. The smallest absolute Gasteiger partial charge is 0.179 e. The molecule has 0 unspecified atom stereocenters. The van der Waals surface area contributed by atoms with E-state index in [2.05, 4.69) is 23.2 Å². The molecule has 21 heavy (non-hydrogen) atoms. The molecule has 0 radical (unpaired) electrons. The SMILES string of the molecule is CCc1c(CCN2CCNCC2)cc(OC)c(OC)c1Cl. The maximum Gasteiger partial charge on any atom is 0.179 e. The molecule has 4 nitrogen and oxygen atoms in total. The summed E-state index contributed by atoms with van der Waals surface area (Å²) in [6, 6.07) is 2.08. The second-order valence-corrected chi connectivity index (χ2v) is 5.64. The highest BCUT2D eigenvalue weighted by Gasteiger charge is 2.18. The number of nitrogens with one attached hydrogen (secondary N) is 1. The highest BCUT2D eigenvalue weighted by molar-refractivity contribution is 6.33. The van der Waals surface area contributed by atoms with Gasteiger partial charge in [0, 0.05) is 32.7 Å². The van der Waals surface area contributed by atoms with Crippen LogP contribution in [0.25, 0.3) is 0 Å². The zero-order valence-corrected chi connectivity index (χ0v) is 13.9. The fraction of sp³-hybridized carbons (Fsp3) is 0.625. The molecule has 1 aromatic rings. The lowest BCUT2D eigenvalue weighted by Crippen LogP contribution is -2.44. The van der Waals surface area contributed by atoms with Crippen molar-refractivity contribution in [2.24, 2.45) is 0 Å². The Labute approximate surface area is 132 Å². The molecule has 118 valence electrons. The van der Waals surface area contributed by atoms with E-state index in [0.29, 0.717) is 10.8 Å². The second kappa shape index (κ2) is 7.87. The zero-order chi connectivity index (χ0) is 15.2. The minimum Gasteiger partial charge on any atom is -0.493 e. The lowest BCUT2D eigenvalue weighted by Gasteiger charge is -2.27. The molecule has 0 saturated carbocycles. The predicted molar refractivity (Wildman–Crippen MR) is 86.9 cm³/mol. The molecule has 2 rings (SSSR count). The number of methoxy groups -OCH3 is 2. The van der Waals surface area contributed by atoms with Crippen LogP contribution in [-0.2, 0) is 12.8 Å². The summed E-state index contributed by atoms with van der Waals surface area (Å²) in [7, 11) is 3.28. The van der Waals surface area contributed by atoms with E-state index < -0.39 is 0 Å². The van der Waals surface area contributed by atoms with Crippen molar-refractivity contribution in [1.82, 2.24) is 10.2 Å². The Morgan fingerprint density at radius 2 is 1.95 bits per heavy atom. The lowest BCUT2D eigenvalue weighted by molar-refractivity contribution is 0.243. The summed E-state index contributed by atoms with van der Waals surface area (Å²) in [5.41, 5.74) is 2.43. The Morgan fingerprint density at radius 1 is 1.24 bits per heavy atom. The van der Waals surface area contributed by atoms with Gasteiger partial charge in [0.15, 0.2) is 11.5 Å². The molecule has 1 aliphatic heterocycles. The van der Waals surface area contributed by atoms with Crippen LogP contribution in [0.5, 0.6) is 11.5 Å². The number of hydrogen-bond donors (Lipinski definition) is 1. The van der Waals surface area contributed by atoms with Crippen molar-refractivity contribution in [3.63, 3.8) is 0 Å². The summed E-state index contributed by atoms with van der Waals surface area (Å²) in [5, 5.41) is 4.07. The van der Waals surface area contributed by atoms with Crippen molar-refractivity contribution in [1.29, 1.82) is 0 Å². The van der Waals surface area contributed by atoms with E-state index in [9.17, 15) is 0 Å². The standard InChI is InChI=1S/C16H25ClN2O2/c1-4-13-12(5-8-19-9-6-18-7-10-19)11-14(20-2)16(21-3)15(13)17/h11,18H,4-10H2,1-3H3. The first-order valence-corrected chi connectivity index (χ1v) is 7.94. The minimum atomic E-state index is 0.641. The summed E-state index contributed by atoms with van der Waals surface area (Å²) in [6.45, 7) is 7.56. The molecule has 0 atom stereocenters. The highest BCUT2D eigenvalue weighted by atomic mass is 35.5. The van der Waals surface area contributed by atoms with E-state index in [4.69, 9.17) is 21.1 Å². The summed E-state index contributed by atoms with van der Waals surface area (Å²) in [5.74, 6) is 1.36. The van der Waals surface area contributed by atoms with Gasteiger partial charge in [-0.3, -0.25) is 0 Å². The molecule has 0 aromatic heterocycles. The van der Waals surface area contributed by atoms with Gasteiger partial charge < -0.3 is 19.7 Å². The predicted octanol–water partition coefficient (Wildman–Crippen LogP) is 2.37. The molecular formula is C16H25ClN2O2. The van der Waals surface area contributed by atoms with Crippen LogP contribution in [0, 0.1) is 0 Å². The number of piperazine rings is 1. The first-order chi connectivity index (χ1) is 10.2. The van der Waals surface area contributed by atoms with Crippen LogP contribution in [0.4, 0.5) is 0 Å². The summed E-state index contributed by atoms with van der Waals surface area (Å²) >= 11 is 6.49. The maximum absolute atomic E-state index is 6.49. The van der Waals surface area contributed by atoms with E-state index in [1.165, 1.54) is 11.1 Å². The van der Waals surface area contributed by atoms with Crippen LogP contribution in [0.1, 0.15) is 18.1 Å². The van der Waals surface area contributed by atoms with Crippen molar-refractivity contribution in [3.8, 4) is 11.5 Å². The fourth-order valence-corrected chi connectivity index (χ4v) is 3.28. The van der Waals surface area contributed by atoms with Gasteiger partial charge in [-0.05, 0) is 30.0 Å². The van der Waals surface area contributed by atoms with Gasteiger partial charge in [0.25, 0.3) is 0 Å². The fourth-order valence-electron chi connectivity index (χ4n) is 2.86. The third-order valence-corrected chi connectivity index (χ3v) is 4.47. The number of benzene rings is 1. The number of ether oxygens (including phenoxy) is 2. The third kappa shape index (κ3) is 3.82. The van der Waals surface area contributed by atoms with Gasteiger partial charge in [-0.15, -0.1) is 0 Å². The Balaban J connectivity index is 2.18. The number of nitrogens with zero attached hydrogens (tertiary/aromatic N) is 1. The van der Waals surface area contributed by atoms with Crippen molar-refractivity contribution in [2.45, 2.75) is 19.8 Å². The molecular weight excluding hydrogens is 288 g/mol. The first kappa shape index (κ1) is 16.4. The van der Waals surface area contributed by atoms with Gasteiger partial charge in [-0.2, -0.15) is 0 Å². The minimum absolute atomic E-state index is 0.641. The number of halogens is 1. The maximum atomic E-state index is 6.49. The van der Waals surface area contributed by atoms with Crippen molar-refractivity contribution in [3.05, 3.63) is 22.2 Å². The molecule has 1 heterocycles. The quantitative estimate of drug-likeness (QED) is 0.874. The van der Waals surface area contributed by atoms with Gasteiger partial charge >= 0.3 is 0 Å². The largest absolute Gasteiger partial charge is 0.493 e. The Bertz CT molecular complexity index is 474. The Hall–Kier alpha value is -0.970. The van der Waals surface area contributed by atoms with Crippen LogP contribution in [0.15, 0.2) is 6.07 Å². The van der Waals surface area contributed by atoms with E-state index in [-0.39, 0.29) is 0 Å². The molecule has 1 aromatic carbocycles. The van der Waals surface area contributed by atoms with Crippen LogP contribution in [0.3, 0.4) is 0 Å². The third-order valence-electron chi connectivity index (χ3n) is 4.07. The van der Waals surface area contributed by atoms with Gasteiger partial charge in [0.05, 0.1) is 19.2 Å². The van der Waals surface area contributed by atoms with Gasteiger partial charge in [0.1, 0.15) is 0 Å². The zero-order valence-electron chi connectivity index (χ0n) is 13.2. The van der Waals surface area contributed by atoms with Crippen molar-refractivity contribution < 1.29 is 9.47 Å². The van der Waals surface area contributed by atoms with Gasteiger partial charge in [0.2, 0.25) is 0 Å². The average molecular weight is 313 g/mol.